The number of thiol groups is 1. The average Bonchev–Trinajstić information content (AvgIpc) is 3.56. The van der Waals surface area contributed by atoms with Crippen LogP contribution in [0.1, 0.15) is 53.0 Å². The molecular formula is C31H24F3N3O4S2. The van der Waals surface area contributed by atoms with Crippen LogP contribution in [0, 0.1) is 17.5 Å². The monoisotopic (exact) mass is 623 g/mol. The van der Waals surface area contributed by atoms with Crippen LogP contribution in [-0.4, -0.2) is 35.8 Å². The zero-order chi connectivity index (χ0) is 30.2. The predicted octanol–water partition coefficient (Wildman–Crippen LogP) is 6.70. The van der Waals surface area contributed by atoms with Gasteiger partial charge in [-0.1, -0.05) is 18.2 Å². The molecule has 1 saturated carbocycles. The van der Waals surface area contributed by atoms with Crippen LogP contribution in [0.2, 0.25) is 0 Å². The van der Waals surface area contributed by atoms with Crippen LogP contribution in [0.4, 0.5) is 13.2 Å². The van der Waals surface area contributed by atoms with Gasteiger partial charge >= 0.3 is 5.97 Å². The number of hydrogen-bond donors (Lipinski definition) is 1. The Labute approximate surface area is 250 Å². The van der Waals surface area contributed by atoms with Gasteiger partial charge in [-0.3, -0.25) is 0 Å². The maximum absolute atomic E-state index is 15.0. The van der Waals surface area contributed by atoms with E-state index in [0.29, 0.717) is 27.5 Å². The highest BCUT2D eigenvalue weighted by atomic mass is 32.2. The van der Waals surface area contributed by atoms with E-state index in [0.717, 1.165) is 24.1 Å². The lowest BCUT2D eigenvalue weighted by atomic mass is 9.95. The van der Waals surface area contributed by atoms with Gasteiger partial charge in [0.05, 0.1) is 22.9 Å². The van der Waals surface area contributed by atoms with Gasteiger partial charge in [-0.2, -0.15) is 5.10 Å². The molecular weight excluding hydrogens is 599 g/mol. The molecule has 7 nitrogen and oxygen atoms in total. The fourth-order valence-electron chi connectivity index (χ4n) is 5.01. The minimum atomic E-state index is -3.10. The van der Waals surface area contributed by atoms with E-state index in [-0.39, 0.29) is 30.2 Å². The molecule has 0 spiro atoms. The number of aromatic nitrogens is 3. The molecule has 3 aromatic carbocycles. The van der Waals surface area contributed by atoms with Crippen LogP contribution in [0.25, 0.3) is 27.5 Å². The van der Waals surface area contributed by atoms with Crippen LogP contribution in [0.15, 0.2) is 70.9 Å². The molecule has 220 valence electrons. The van der Waals surface area contributed by atoms with Crippen molar-refractivity contribution in [3.8, 4) is 27.5 Å². The Morgan fingerprint density at radius 2 is 1.84 bits per heavy atom. The van der Waals surface area contributed by atoms with Crippen molar-refractivity contribution in [1.82, 2.24) is 14.8 Å². The second-order valence-electron chi connectivity index (χ2n) is 10.1. The van der Waals surface area contributed by atoms with Gasteiger partial charge in [0.25, 0.3) is 0 Å². The Kier molecular flexibility index (Phi) is 7.89. The van der Waals surface area contributed by atoms with Crippen molar-refractivity contribution in [3.05, 3.63) is 106 Å². The molecule has 2 aromatic heterocycles. The lowest BCUT2D eigenvalue weighted by molar-refractivity contribution is 0.0520. The van der Waals surface area contributed by atoms with Crippen molar-refractivity contribution in [2.75, 3.05) is 6.61 Å². The highest BCUT2D eigenvalue weighted by Gasteiger charge is 2.34. The Balaban J connectivity index is 1.53. The molecule has 0 saturated heterocycles. The molecule has 5 aromatic rings. The van der Waals surface area contributed by atoms with E-state index in [4.69, 9.17) is 9.84 Å². The van der Waals surface area contributed by atoms with Gasteiger partial charge in [0.15, 0.2) is 16.4 Å². The number of thiazole rings is 1. The van der Waals surface area contributed by atoms with Crippen molar-refractivity contribution in [2.45, 2.75) is 37.0 Å². The highest BCUT2D eigenvalue weighted by Crippen LogP contribution is 2.46. The molecule has 1 aliphatic rings. The molecule has 0 N–H and O–H groups in total. The molecule has 1 fully saturated rings. The van der Waals surface area contributed by atoms with E-state index < -0.39 is 39.0 Å². The van der Waals surface area contributed by atoms with Gasteiger partial charge in [0, 0.05) is 34.4 Å². The summed E-state index contributed by atoms with van der Waals surface area (Å²) in [6.45, 7) is 1.90. The Hall–Kier alpha value is -4.29. The summed E-state index contributed by atoms with van der Waals surface area (Å²) in [4.78, 5) is 16.4. The summed E-state index contributed by atoms with van der Waals surface area (Å²) in [5.74, 6) is -2.36. The van der Waals surface area contributed by atoms with E-state index >= 15 is 4.39 Å². The molecule has 0 amide bonds. The predicted molar refractivity (Wildman–Crippen MR) is 156 cm³/mol. The van der Waals surface area contributed by atoms with Crippen molar-refractivity contribution >= 4 is 28.0 Å². The number of carbonyl (C=O) groups excluding carboxylic acids is 1. The van der Waals surface area contributed by atoms with Crippen molar-refractivity contribution in [2.24, 2.45) is 0 Å². The van der Waals surface area contributed by atoms with Crippen LogP contribution < -0.4 is 0 Å². The highest BCUT2D eigenvalue weighted by molar-refractivity contribution is 7.72. The first kappa shape index (κ1) is 28.8. The molecule has 0 atom stereocenters. The zero-order valence-corrected chi connectivity index (χ0v) is 24.4. The summed E-state index contributed by atoms with van der Waals surface area (Å²) in [6.07, 6.45) is 1.93. The maximum Gasteiger partial charge on any atom is 0.357 e. The molecule has 12 heteroatoms. The summed E-state index contributed by atoms with van der Waals surface area (Å²) in [7, 11) is -3.10. The first-order valence-electron chi connectivity index (χ1n) is 13.5. The number of hydrogen-bond acceptors (Lipinski definition) is 7. The number of halogens is 3. The van der Waals surface area contributed by atoms with E-state index in [1.165, 1.54) is 47.7 Å². The smallest absolute Gasteiger partial charge is 0.357 e. The lowest BCUT2D eigenvalue weighted by Crippen LogP contribution is -2.07. The minimum Gasteiger partial charge on any atom is -0.461 e. The fraction of sp³-hybridized carbons (Fsp3) is 0.194. The summed E-state index contributed by atoms with van der Waals surface area (Å²) >= 11 is 1.21. The largest absolute Gasteiger partial charge is 0.461 e. The molecule has 0 unspecified atom stereocenters. The van der Waals surface area contributed by atoms with Gasteiger partial charge in [-0.05, 0) is 73.4 Å². The van der Waals surface area contributed by atoms with Crippen LogP contribution in [0.3, 0.4) is 0 Å². The normalized spacial score (nSPS) is 13.0. The van der Waals surface area contributed by atoms with Crippen molar-refractivity contribution in [1.29, 1.82) is 0 Å². The summed E-state index contributed by atoms with van der Waals surface area (Å²) in [5, 5.41) is 6.91. The van der Waals surface area contributed by atoms with E-state index in [1.807, 2.05) is 0 Å². The molecule has 0 radical (unpaired) electrons. The SMILES string of the molecule is CCOC(=O)c1csc(-n2nc(-c3ccc(F)c(-c4cccc(F)c4)c3)c(Cc3ccc([SH](=O)=O)c(F)c3)c2C2CC2)n1. The van der Waals surface area contributed by atoms with Crippen LogP contribution in [-0.2, 0) is 21.9 Å². The average molecular weight is 624 g/mol. The number of esters is 1. The molecule has 6 rings (SSSR count). The Morgan fingerprint density at radius 1 is 1.02 bits per heavy atom. The first-order valence-corrected chi connectivity index (χ1v) is 15.5. The van der Waals surface area contributed by atoms with Gasteiger partial charge in [-0.25, -0.2) is 36.0 Å². The quantitative estimate of drug-likeness (QED) is 0.145. The zero-order valence-electron chi connectivity index (χ0n) is 22.7. The fourth-order valence-corrected chi connectivity index (χ4v) is 6.21. The van der Waals surface area contributed by atoms with Crippen LogP contribution in [0.5, 0.6) is 0 Å². The number of rotatable bonds is 9. The maximum atomic E-state index is 15.0. The van der Waals surface area contributed by atoms with Gasteiger partial charge in [0.1, 0.15) is 17.5 Å². The second kappa shape index (κ2) is 11.8. The Bertz CT molecular complexity index is 1940. The summed E-state index contributed by atoms with van der Waals surface area (Å²) < 4.78 is 73.4. The molecule has 1 aliphatic carbocycles. The Morgan fingerprint density at radius 3 is 2.53 bits per heavy atom. The van der Waals surface area contributed by atoms with Crippen molar-refractivity contribution in [3.63, 3.8) is 0 Å². The van der Waals surface area contributed by atoms with Gasteiger partial charge in [-0.15, -0.1) is 11.3 Å². The molecule has 2 heterocycles. The van der Waals surface area contributed by atoms with E-state index in [2.05, 4.69) is 4.98 Å². The molecule has 0 bridgehead atoms. The third kappa shape index (κ3) is 5.84. The van der Waals surface area contributed by atoms with E-state index in [1.54, 1.807) is 41.3 Å². The number of nitrogens with zero attached hydrogens (tertiary/aromatic N) is 3. The third-order valence-corrected chi connectivity index (χ3v) is 8.68. The lowest BCUT2D eigenvalue weighted by Gasteiger charge is -2.10. The van der Waals surface area contributed by atoms with Crippen LogP contribution >= 0.6 is 11.3 Å². The molecule has 0 aliphatic heterocycles. The van der Waals surface area contributed by atoms with Crippen molar-refractivity contribution < 1.29 is 31.1 Å². The van der Waals surface area contributed by atoms with E-state index in [9.17, 15) is 22.0 Å². The minimum absolute atomic E-state index is 0.106. The standard InChI is InChI=1S/C31H24F3N3O4S2/c1-2-41-30(38)26-16-42-31(35-26)37-29(18-7-8-18)23(12-17-6-11-27(43(39)40)25(34)13-17)28(36-37)20-9-10-24(33)22(15-20)19-4-3-5-21(32)14-19/h3-6,9-11,13-16,18,43H,2,7-8,12H2,1H3. The topological polar surface area (TPSA) is 91.2 Å². The summed E-state index contributed by atoms with van der Waals surface area (Å²) in [6, 6.07) is 14.0. The molecule has 43 heavy (non-hydrogen) atoms. The van der Waals surface area contributed by atoms with Gasteiger partial charge in [0.2, 0.25) is 5.13 Å². The summed E-state index contributed by atoms with van der Waals surface area (Å²) in [5.41, 5.74) is 3.75. The number of carbonyl (C=O) groups is 1. The third-order valence-electron chi connectivity index (χ3n) is 7.11. The number of ether oxygens (including phenoxy) is 1. The first-order chi connectivity index (χ1) is 20.7. The number of benzene rings is 3. The van der Waals surface area contributed by atoms with Gasteiger partial charge < -0.3 is 4.74 Å². The second-order valence-corrected chi connectivity index (χ2v) is 11.9.